The Balaban J connectivity index is 1.48. The summed E-state index contributed by atoms with van der Waals surface area (Å²) in [4.78, 5) is 11.1. The van der Waals surface area contributed by atoms with E-state index in [9.17, 15) is 4.79 Å². The standard InChI is InChI=1S/C16H22O2/c17-16-10-9-14(12-16)6-4-5-11-18-13-15-7-2-1-3-8-15/h1-3,7-8,14H,4-6,9-13H2/t14-/m0/s1. The molecule has 1 atom stereocenters. The predicted molar refractivity (Wildman–Crippen MR) is 72.3 cm³/mol. The quantitative estimate of drug-likeness (QED) is 0.685. The first kappa shape index (κ1) is 13.3. The molecular formula is C16H22O2. The number of benzene rings is 1. The minimum absolute atomic E-state index is 0.459. The third kappa shape index (κ3) is 4.61. The molecule has 18 heavy (non-hydrogen) atoms. The molecule has 1 fully saturated rings. The Morgan fingerprint density at radius 2 is 2.00 bits per heavy atom. The minimum atomic E-state index is 0.459. The summed E-state index contributed by atoms with van der Waals surface area (Å²) in [5.74, 6) is 1.12. The highest BCUT2D eigenvalue weighted by molar-refractivity contribution is 5.80. The lowest BCUT2D eigenvalue weighted by molar-refractivity contribution is -0.117. The Morgan fingerprint density at radius 3 is 2.72 bits per heavy atom. The average Bonchev–Trinajstić information content (AvgIpc) is 2.81. The van der Waals surface area contributed by atoms with E-state index in [0.717, 1.165) is 32.3 Å². The van der Waals surface area contributed by atoms with Crippen molar-refractivity contribution in [2.24, 2.45) is 5.92 Å². The van der Waals surface area contributed by atoms with E-state index in [1.54, 1.807) is 0 Å². The van der Waals surface area contributed by atoms with Crippen LogP contribution < -0.4 is 0 Å². The van der Waals surface area contributed by atoms with Crippen molar-refractivity contribution in [2.45, 2.75) is 45.1 Å². The number of Topliss-reactive ketones (excluding diaryl/α,β-unsaturated/α-hetero) is 1. The second kappa shape index (κ2) is 7.32. The highest BCUT2D eigenvalue weighted by Crippen LogP contribution is 2.26. The summed E-state index contributed by atoms with van der Waals surface area (Å²) < 4.78 is 5.64. The zero-order valence-corrected chi connectivity index (χ0v) is 10.9. The van der Waals surface area contributed by atoms with E-state index in [-0.39, 0.29) is 0 Å². The summed E-state index contributed by atoms with van der Waals surface area (Å²) >= 11 is 0. The van der Waals surface area contributed by atoms with Gasteiger partial charge in [0.2, 0.25) is 0 Å². The predicted octanol–water partition coefficient (Wildman–Crippen LogP) is 3.74. The van der Waals surface area contributed by atoms with E-state index in [1.165, 1.54) is 18.4 Å². The van der Waals surface area contributed by atoms with Crippen LogP contribution >= 0.6 is 0 Å². The molecule has 98 valence electrons. The first-order chi connectivity index (χ1) is 8.84. The molecule has 0 aliphatic heterocycles. The lowest BCUT2D eigenvalue weighted by atomic mass is 10.0. The molecule has 2 nitrogen and oxygen atoms in total. The average molecular weight is 246 g/mol. The Hall–Kier alpha value is -1.15. The Kier molecular flexibility index (Phi) is 5.40. The van der Waals surface area contributed by atoms with Gasteiger partial charge in [0.05, 0.1) is 6.61 Å². The lowest BCUT2D eigenvalue weighted by Gasteiger charge is -2.08. The number of rotatable bonds is 7. The van der Waals surface area contributed by atoms with Gasteiger partial charge in [-0.05, 0) is 30.7 Å². The SMILES string of the molecule is O=C1CC[C@H](CCCCOCc2ccccc2)C1. The van der Waals surface area contributed by atoms with Crippen molar-refractivity contribution in [2.75, 3.05) is 6.61 Å². The van der Waals surface area contributed by atoms with Gasteiger partial charge in [0, 0.05) is 19.4 Å². The van der Waals surface area contributed by atoms with E-state index in [4.69, 9.17) is 4.74 Å². The largest absolute Gasteiger partial charge is 0.377 e. The summed E-state index contributed by atoms with van der Waals surface area (Å²) in [6, 6.07) is 10.3. The topological polar surface area (TPSA) is 26.3 Å². The van der Waals surface area contributed by atoms with Crippen LogP contribution in [0, 0.1) is 5.92 Å². The van der Waals surface area contributed by atoms with Crippen LogP contribution in [0.2, 0.25) is 0 Å². The van der Waals surface area contributed by atoms with Gasteiger partial charge in [0.15, 0.2) is 0 Å². The van der Waals surface area contributed by atoms with Gasteiger partial charge >= 0.3 is 0 Å². The van der Waals surface area contributed by atoms with Crippen LogP contribution in [-0.4, -0.2) is 12.4 Å². The van der Waals surface area contributed by atoms with E-state index < -0.39 is 0 Å². The molecule has 0 spiro atoms. The number of ketones is 1. The highest BCUT2D eigenvalue weighted by Gasteiger charge is 2.20. The molecule has 0 aromatic heterocycles. The van der Waals surface area contributed by atoms with Gasteiger partial charge in [0.1, 0.15) is 5.78 Å². The van der Waals surface area contributed by atoms with E-state index in [0.29, 0.717) is 18.3 Å². The number of ether oxygens (including phenoxy) is 1. The van der Waals surface area contributed by atoms with Gasteiger partial charge in [-0.3, -0.25) is 4.79 Å². The lowest BCUT2D eigenvalue weighted by Crippen LogP contribution is -1.99. The van der Waals surface area contributed by atoms with Crippen LogP contribution in [0.5, 0.6) is 0 Å². The number of hydrogen-bond donors (Lipinski definition) is 0. The fourth-order valence-corrected chi connectivity index (χ4v) is 2.54. The zero-order valence-electron chi connectivity index (χ0n) is 10.9. The maximum absolute atomic E-state index is 11.1. The zero-order chi connectivity index (χ0) is 12.6. The monoisotopic (exact) mass is 246 g/mol. The molecule has 2 heteroatoms. The van der Waals surface area contributed by atoms with Gasteiger partial charge in [-0.25, -0.2) is 0 Å². The summed E-state index contributed by atoms with van der Waals surface area (Å²) in [6.07, 6.45) is 6.24. The van der Waals surface area contributed by atoms with Gasteiger partial charge in [0.25, 0.3) is 0 Å². The van der Waals surface area contributed by atoms with E-state index >= 15 is 0 Å². The second-order valence-electron chi connectivity index (χ2n) is 5.18. The van der Waals surface area contributed by atoms with Crippen LogP contribution in [0.3, 0.4) is 0 Å². The molecule has 0 saturated heterocycles. The maximum atomic E-state index is 11.1. The molecule has 1 aromatic carbocycles. The molecule has 1 aromatic rings. The fraction of sp³-hybridized carbons (Fsp3) is 0.562. The molecule has 0 unspecified atom stereocenters. The van der Waals surface area contributed by atoms with Crippen molar-refractivity contribution in [3.63, 3.8) is 0 Å². The second-order valence-corrected chi connectivity index (χ2v) is 5.18. The number of unbranched alkanes of at least 4 members (excludes halogenated alkanes) is 1. The Bertz CT molecular complexity index is 359. The van der Waals surface area contributed by atoms with Crippen molar-refractivity contribution >= 4 is 5.78 Å². The summed E-state index contributed by atoms with van der Waals surface area (Å²) in [5, 5.41) is 0. The Morgan fingerprint density at radius 1 is 1.17 bits per heavy atom. The van der Waals surface area contributed by atoms with Gasteiger partial charge in [-0.1, -0.05) is 36.8 Å². The van der Waals surface area contributed by atoms with E-state index in [2.05, 4.69) is 12.1 Å². The first-order valence-electron chi connectivity index (χ1n) is 6.98. The van der Waals surface area contributed by atoms with E-state index in [1.807, 2.05) is 18.2 Å². The van der Waals surface area contributed by atoms with Crippen molar-refractivity contribution < 1.29 is 9.53 Å². The third-order valence-corrected chi connectivity index (χ3v) is 3.61. The molecule has 0 bridgehead atoms. The van der Waals surface area contributed by atoms with Gasteiger partial charge in [-0.2, -0.15) is 0 Å². The molecule has 0 radical (unpaired) electrons. The molecule has 1 saturated carbocycles. The summed E-state index contributed by atoms with van der Waals surface area (Å²) in [5.41, 5.74) is 1.24. The van der Waals surface area contributed by atoms with Crippen molar-refractivity contribution in [1.82, 2.24) is 0 Å². The van der Waals surface area contributed by atoms with Crippen LogP contribution in [0.1, 0.15) is 44.1 Å². The summed E-state index contributed by atoms with van der Waals surface area (Å²) in [7, 11) is 0. The molecule has 1 aliphatic carbocycles. The molecule has 2 rings (SSSR count). The number of hydrogen-bond acceptors (Lipinski definition) is 2. The third-order valence-electron chi connectivity index (χ3n) is 3.61. The fourth-order valence-electron chi connectivity index (χ4n) is 2.54. The number of carbonyl (C=O) groups is 1. The highest BCUT2D eigenvalue weighted by atomic mass is 16.5. The summed E-state index contributed by atoms with van der Waals surface area (Å²) in [6.45, 7) is 1.54. The maximum Gasteiger partial charge on any atom is 0.133 e. The van der Waals surface area contributed by atoms with Crippen LogP contribution in [-0.2, 0) is 16.1 Å². The van der Waals surface area contributed by atoms with Crippen molar-refractivity contribution in [1.29, 1.82) is 0 Å². The molecule has 0 heterocycles. The van der Waals surface area contributed by atoms with Crippen molar-refractivity contribution in [3.8, 4) is 0 Å². The molecule has 1 aliphatic rings. The Labute approximate surface area is 109 Å². The normalized spacial score (nSPS) is 19.3. The van der Waals surface area contributed by atoms with Crippen LogP contribution in [0.15, 0.2) is 30.3 Å². The smallest absolute Gasteiger partial charge is 0.133 e. The van der Waals surface area contributed by atoms with Crippen molar-refractivity contribution in [3.05, 3.63) is 35.9 Å². The van der Waals surface area contributed by atoms with Crippen LogP contribution in [0.25, 0.3) is 0 Å². The molecular weight excluding hydrogens is 224 g/mol. The minimum Gasteiger partial charge on any atom is -0.377 e. The molecule has 0 N–H and O–H groups in total. The van der Waals surface area contributed by atoms with Gasteiger partial charge in [-0.15, -0.1) is 0 Å². The number of carbonyl (C=O) groups excluding carboxylic acids is 1. The van der Waals surface area contributed by atoms with Crippen LogP contribution in [0.4, 0.5) is 0 Å². The first-order valence-corrected chi connectivity index (χ1v) is 6.98. The molecule has 0 amide bonds. The van der Waals surface area contributed by atoms with Gasteiger partial charge < -0.3 is 4.74 Å².